The molecule has 0 aliphatic carbocycles. The van der Waals surface area contributed by atoms with E-state index < -0.39 is 11.5 Å². The molecule has 1 N–H and O–H groups in total. The van der Waals surface area contributed by atoms with Crippen molar-refractivity contribution in [1.29, 1.82) is 0 Å². The van der Waals surface area contributed by atoms with E-state index in [0.717, 1.165) is 28.7 Å². The molecule has 1 heterocycles. The summed E-state index contributed by atoms with van der Waals surface area (Å²) >= 11 is 0. The fraction of sp³-hybridized carbons (Fsp3) is 0.320. The molecule has 1 unspecified atom stereocenters. The zero-order valence-electron chi connectivity index (χ0n) is 16.8. The average molecular weight is 377 g/mol. The molecule has 0 spiro atoms. The number of aliphatic hydroxyl groups is 1. The van der Waals surface area contributed by atoms with Crippen LogP contribution >= 0.6 is 0 Å². The SMILES string of the molecule is CC[N+]1(C)CC[C@](O)(/C=C/c2ccccc2)[C@H](C(=O)/C=C\c2ccccc2)C1. The monoisotopic (exact) mass is 376 g/mol. The van der Waals surface area contributed by atoms with E-state index in [0.29, 0.717) is 13.0 Å². The molecule has 28 heavy (non-hydrogen) atoms. The van der Waals surface area contributed by atoms with Crippen LogP contribution in [0, 0.1) is 5.92 Å². The third-order valence-corrected chi connectivity index (χ3v) is 5.99. The van der Waals surface area contributed by atoms with Crippen LogP contribution in [0.25, 0.3) is 12.2 Å². The van der Waals surface area contributed by atoms with E-state index in [-0.39, 0.29) is 5.78 Å². The summed E-state index contributed by atoms with van der Waals surface area (Å²) in [6.07, 6.45) is 7.82. The first-order valence-corrected chi connectivity index (χ1v) is 10.0. The number of carbonyl (C=O) groups excluding carboxylic acids is 1. The second kappa shape index (κ2) is 8.68. The van der Waals surface area contributed by atoms with Crippen LogP contribution in [0.1, 0.15) is 24.5 Å². The van der Waals surface area contributed by atoms with Crippen LogP contribution in [0.4, 0.5) is 0 Å². The van der Waals surface area contributed by atoms with E-state index in [1.54, 1.807) is 6.08 Å². The Labute approximate surface area is 168 Å². The largest absolute Gasteiger partial charge is 0.385 e. The Kier molecular flexibility index (Phi) is 6.28. The van der Waals surface area contributed by atoms with Gasteiger partial charge in [0.15, 0.2) is 5.78 Å². The number of quaternary nitrogens is 1. The van der Waals surface area contributed by atoms with Gasteiger partial charge in [-0.3, -0.25) is 4.79 Å². The molecule has 2 aromatic rings. The van der Waals surface area contributed by atoms with Gasteiger partial charge < -0.3 is 9.59 Å². The fourth-order valence-corrected chi connectivity index (χ4v) is 3.80. The molecule has 1 aliphatic rings. The molecule has 2 aromatic carbocycles. The van der Waals surface area contributed by atoms with Crippen LogP contribution in [-0.4, -0.2) is 47.7 Å². The number of nitrogens with zero attached hydrogens (tertiary/aromatic N) is 1. The lowest BCUT2D eigenvalue weighted by molar-refractivity contribution is -0.916. The van der Waals surface area contributed by atoms with E-state index in [1.165, 1.54) is 0 Å². The Bertz CT molecular complexity index is 843. The van der Waals surface area contributed by atoms with Crippen LogP contribution in [0.2, 0.25) is 0 Å². The van der Waals surface area contributed by atoms with Gasteiger partial charge in [0.1, 0.15) is 11.5 Å². The molecule has 0 saturated carbocycles. The Morgan fingerprint density at radius 2 is 1.64 bits per heavy atom. The Morgan fingerprint density at radius 1 is 1.07 bits per heavy atom. The summed E-state index contributed by atoms with van der Waals surface area (Å²) in [4.78, 5) is 13.1. The normalized spacial score (nSPS) is 28.0. The van der Waals surface area contributed by atoms with Crippen molar-refractivity contribution >= 4 is 17.9 Å². The van der Waals surface area contributed by atoms with Gasteiger partial charge in [0.2, 0.25) is 0 Å². The lowest BCUT2D eigenvalue weighted by Gasteiger charge is -2.46. The van der Waals surface area contributed by atoms with Gasteiger partial charge in [0.25, 0.3) is 0 Å². The zero-order chi connectivity index (χ0) is 20.0. The maximum atomic E-state index is 13.1. The summed E-state index contributed by atoms with van der Waals surface area (Å²) in [6, 6.07) is 19.7. The molecule has 146 valence electrons. The lowest BCUT2D eigenvalue weighted by Crippen LogP contribution is -2.61. The number of benzene rings is 2. The second-order valence-corrected chi connectivity index (χ2v) is 8.03. The van der Waals surface area contributed by atoms with E-state index in [4.69, 9.17) is 0 Å². The predicted octanol–water partition coefficient (Wildman–Crippen LogP) is 4.20. The highest BCUT2D eigenvalue weighted by Crippen LogP contribution is 2.34. The number of carbonyl (C=O) groups is 1. The molecule has 1 fully saturated rings. The molecule has 3 nitrogen and oxygen atoms in total. The first-order chi connectivity index (χ1) is 13.4. The molecule has 0 aromatic heterocycles. The molecule has 3 atom stereocenters. The van der Waals surface area contributed by atoms with Crippen LogP contribution < -0.4 is 0 Å². The summed E-state index contributed by atoms with van der Waals surface area (Å²) in [5.41, 5.74) is 0.893. The van der Waals surface area contributed by atoms with Crippen molar-refractivity contribution in [2.24, 2.45) is 5.92 Å². The van der Waals surface area contributed by atoms with Crippen LogP contribution in [0.5, 0.6) is 0 Å². The van der Waals surface area contributed by atoms with Crippen LogP contribution in [-0.2, 0) is 4.79 Å². The van der Waals surface area contributed by atoms with Crippen molar-refractivity contribution in [3.05, 3.63) is 83.9 Å². The first-order valence-electron chi connectivity index (χ1n) is 10.0. The number of hydrogen-bond donors (Lipinski definition) is 1. The van der Waals surface area contributed by atoms with Crippen molar-refractivity contribution in [2.75, 3.05) is 26.7 Å². The predicted molar refractivity (Wildman–Crippen MR) is 115 cm³/mol. The summed E-state index contributed by atoms with van der Waals surface area (Å²) in [5.74, 6) is -0.465. The van der Waals surface area contributed by atoms with Crippen molar-refractivity contribution in [1.82, 2.24) is 0 Å². The molecule has 0 amide bonds. The van der Waals surface area contributed by atoms with Gasteiger partial charge in [0, 0.05) is 6.42 Å². The highest BCUT2D eigenvalue weighted by molar-refractivity contribution is 5.96. The quantitative estimate of drug-likeness (QED) is 0.606. The van der Waals surface area contributed by atoms with E-state index in [2.05, 4.69) is 14.0 Å². The van der Waals surface area contributed by atoms with Crippen molar-refractivity contribution in [3.63, 3.8) is 0 Å². The van der Waals surface area contributed by atoms with Gasteiger partial charge in [-0.15, -0.1) is 0 Å². The van der Waals surface area contributed by atoms with Crippen LogP contribution in [0.15, 0.2) is 72.8 Å². The van der Waals surface area contributed by atoms with Gasteiger partial charge in [-0.25, -0.2) is 0 Å². The van der Waals surface area contributed by atoms with E-state index >= 15 is 0 Å². The molecular weight excluding hydrogens is 346 g/mol. The molecule has 3 rings (SSSR count). The number of piperidine rings is 1. The fourth-order valence-electron chi connectivity index (χ4n) is 3.80. The third kappa shape index (κ3) is 4.86. The summed E-state index contributed by atoms with van der Waals surface area (Å²) in [6.45, 7) is 4.60. The van der Waals surface area contributed by atoms with Crippen molar-refractivity contribution < 1.29 is 14.4 Å². The lowest BCUT2D eigenvalue weighted by atomic mass is 9.76. The van der Waals surface area contributed by atoms with E-state index in [1.807, 2.05) is 78.9 Å². The molecular formula is C25H30NO2+. The second-order valence-electron chi connectivity index (χ2n) is 8.03. The Hall–Kier alpha value is -2.49. The maximum Gasteiger partial charge on any atom is 0.167 e. The summed E-state index contributed by atoms with van der Waals surface area (Å²) in [5, 5.41) is 11.4. The smallest absolute Gasteiger partial charge is 0.167 e. The van der Waals surface area contributed by atoms with Gasteiger partial charge in [-0.05, 0) is 24.1 Å². The summed E-state index contributed by atoms with van der Waals surface area (Å²) in [7, 11) is 2.17. The highest BCUT2D eigenvalue weighted by atomic mass is 16.3. The number of hydrogen-bond acceptors (Lipinski definition) is 2. The van der Waals surface area contributed by atoms with Crippen molar-refractivity contribution in [3.8, 4) is 0 Å². The molecule has 3 heteroatoms. The standard InChI is InChI=1S/C25H30NO2/c1-3-26(2)19-18-25(28,17-16-22-12-8-5-9-13-22)23(20-26)24(27)15-14-21-10-6-4-7-11-21/h4-17,23,28H,3,18-20H2,1-2H3/q+1/b15-14-,17-16+/t23-,25+,26?/m0/s1. The molecule has 1 saturated heterocycles. The zero-order valence-corrected chi connectivity index (χ0v) is 16.8. The van der Waals surface area contributed by atoms with Gasteiger partial charge in [0.05, 0.1) is 26.7 Å². The summed E-state index contributed by atoms with van der Waals surface area (Å²) < 4.78 is 0.803. The Morgan fingerprint density at radius 3 is 2.21 bits per heavy atom. The average Bonchev–Trinajstić information content (AvgIpc) is 2.74. The molecule has 0 bridgehead atoms. The molecule has 0 radical (unpaired) electrons. The van der Waals surface area contributed by atoms with E-state index in [9.17, 15) is 9.90 Å². The number of likely N-dealkylation sites (tertiary alicyclic amines) is 1. The number of allylic oxidation sites excluding steroid dienone is 1. The highest BCUT2D eigenvalue weighted by Gasteiger charge is 2.48. The minimum absolute atomic E-state index is 0.0124. The topological polar surface area (TPSA) is 37.3 Å². The maximum absolute atomic E-state index is 13.1. The molecule has 1 aliphatic heterocycles. The van der Waals surface area contributed by atoms with Gasteiger partial charge >= 0.3 is 0 Å². The van der Waals surface area contributed by atoms with Gasteiger partial charge in [-0.1, -0.05) is 78.9 Å². The first kappa shape index (κ1) is 20.2. The third-order valence-electron chi connectivity index (χ3n) is 5.99. The van der Waals surface area contributed by atoms with Gasteiger partial charge in [-0.2, -0.15) is 0 Å². The van der Waals surface area contributed by atoms with Crippen molar-refractivity contribution in [2.45, 2.75) is 18.9 Å². The van der Waals surface area contributed by atoms with Crippen LogP contribution in [0.3, 0.4) is 0 Å². The number of rotatable bonds is 6. The number of ketones is 1. The minimum Gasteiger partial charge on any atom is -0.385 e. The minimum atomic E-state index is -1.12. The Balaban J connectivity index is 1.85.